The molecule has 1 aliphatic heterocycles. The van der Waals surface area contributed by atoms with E-state index >= 15 is 0 Å². The number of aliphatic hydroxyl groups is 2. The fraction of sp³-hybridized carbons (Fsp3) is 0.500. The number of benzene rings is 1. The maximum Gasteiger partial charge on any atom is 0.149 e. The Kier molecular flexibility index (Phi) is 8.37. The Bertz CT molecular complexity index is 986. The van der Waals surface area contributed by atoms with Crippen molar-refractivity contribution >= 4 is 34.0 Å². The van der Waals surface area contributed by atoms with Crippen LogP contribution in [0.4, 0.5) is 0 Å². The number of nitrogens with zero attached hydrogens (tertiary/aromatic N) is 3. The highest BCUT2D eigenvalue weighted by atomic mass is 32.2. The molecular formula is C24H31N3O3S2. The van der Waals surface area contributed by atoms with Gasteiger partial charge in [-0.15, -0.1) is 11.3 Å². The van der Waals surface area contributed by atoms with E-state index in [1.807, 2.05) is 35.8 Å². The molecule has 6 nitrogen and oxygen atoms in total. The number of hydrogen-bond acceptors (Lipinski definition) is 8. The molecule has 0 aliphatic carbocycles. The average Bonchev–Trinajstić information content (AvgIpc) is 3.35. The van der Waals surface area contributed by atoms with E-state index in [9.17, 15) is 10.2 Å². The van der Waals surface area contributed by atoms with E-state index in [1.165, 1.54) is 0 Å². The van der Waals surface area contributed by atoms with Crippen LogP contribution in [-0.4, -0.2) is 64.2 Å². The minimum absolute atomic E-state index is 0.201. The van der Waals surface area contributed by atoms with Gasteiger partial charge in [-0.05, 0) is 67.5 Å². The third kappa shape index (κ3) is 5.80. The van der Waals surface area contributed by atoms with Crippen molar-refractivity contribution in [1.29, 1.82) is 0 Å². The number of aliphatic hydroxyl groups excluding tert-OH is 2. The minimum Gasteiger partial charge on any atom is -0.497 e. The summed E-state index contributed by atoms with van der Waals surface area (Å²) in [6, 6.07) is 7.66. The molecule has 2 aromatic heterocycles. The zero-order valence-electron chi connectivity index (χ0n) is 18.4. The first-order valence-electron chi connectivity index (χ1n) is 11.1. The minimum atomic E-state index is -0.556. The SMILES string of the molecule is COc1ccc2nccc([C@H](O)CC[C@@H]3CCN(CCSc4nccs4)C[C@@H]3CO)c2c1. The Labute approximate surface area is 197 Å². The van der Waals surface area contributed by atoms with Gasteiger partial charge >= 0.3 is 0 Å². The first-order chi connectivity index (χ1) is 15.7. The highest BCUT2D eigenvalue weighted by Gasteiger charge is 2.29. The molecule has 1 aliphatic rings. The Morgan fingerprint density at radius 3 is 2.94 bits per heavy atom. The number of rotatable bonds is 10. The van der Waals surface area contributed by atoms with E-state index in [4.69, 9.17) is 4.74 Å². The Hall–Kier alpha value is -1.71. The third-order valence-corrected chi connectivity index (χ3v) is 8.35. The van der Waals surface area contributed by atoms with Crippen LogP contribution in [0.1, 0.15) is 30.9 Å². The molecule has 0 unspecified atom stereocenters. The van der Waals surface area contributed by atoms with E-state index in [0.29, 0.717) is 12.3 Å². The van der Waals surface area contributed by atoms with Crippen LogP contribution in [0.25, 0.3) is 10.9 Å². The van der Waals surface area contributed by atoms with Gasteiger partial charge < -0.3 is 19.8 Å². The summed E-state index contributed by atoms with van der Waals surface area (Å²) in [6.07, 6.45) is 5.69. The zero-order chi connectivity index (χ0) is 22.3. The third-order valence-electron chi connectivity index (χ3n) is 6.41. The Morgan fingerprint density at radius 1 is 1.25 bits per heavy atom. The summed E-state index contributed by atoms with van der Waals surface area (Å²) in [5, 5.41) is 23.9. The molecule has 0 bridgehead atoms. The highest BCUT2D eigenvalue weighted by Crippen LogP contribution is 2.33. The van der Waals surface area contributed by atoms with E-state index in [-0.39, 0.29) is 12.5 Å². The van der Waals surface area contributed by atoms with E-state index in [0.717, 1.165) is 64.8 Å². The predicted octanol–water partition coefficient (Wildman–Crippen LogP) is 4.24. The molecule has 1 saturated heterocycles. The summed E-state index contributed by atoms with van der Waals surface area (Å²) >= 11 is 3.49. The molecule has 0 amide bonds. The van der Waals surface area contributed by atoms with Crippen molar-refractivity contribution < 1.29 is 14.9 Å². The molecule has 172 valence electrons. The van der Waals surface area contributed by atoms with Crippen LogP contribution in [0.2, 0.25) is 0 Å². The monoisotopic (exact) mass is 473 g/mol. The number of methoxy groups -OCH3 is 1. The first-order valence-corrected chi connectivity index (χ1v) is 13.0. The van der Waals surface area contributed by atoms with Gasteiger partial charge in [-0.1, -0.05) is 11.8 Å². The zero-order valence-corrected chi connectivity index (χ0v) is 20.0. The van der Waals surface area contributed by atoms with E-state index in [2.05, 4.69) is 14.9 Å². The number of thioether (sulfide) groups is 1. The fourth-order valence-corrected chi connectivity index (χ4v) is 6.29. The van der Waals surface area contributed by atoms with Crippen molar-refractivity contribution in [2.24, 2.45) is 11.8 Å². The summed E-state index contributed by atoms with van der Waals surface area (Å²) < 4.78 is 6.47. The number of pyridine rings is 1. The molecule has 32 heavy (non-hydrogen) atoms. The van der Waals surface area contributed by atoms with Gasteiger partial charge in [-0.25, -0.2) is 4.98 Å². The molecule has 8 heteroatoms. The smallest absolute Gasteiger partial charge is 0.149 e. The van der Waals surface area contributed by atoms with Gasteiger partial charge in [0.2, 0.25) is 0 Å². The molecule has 0 spiro atoms. The summed E-state index contributed by atoms with van der Waals surface area (Å²) in [5.74, 6) is 2.48. The number of aromatic nitrogens is 2. The van der Waals surface area contributed by atoms with Gasteiger partial charge in [0.1, 0.15) is 10.1 Å². The van der Waals surface area contributed by atoms with Crippen molar-refractivity contribution in [2.75, 3.05) is 39.1 Å². The van der Waals surface area contributed by atoms with Gasteiger partial charge in [0.05, 0.1) is 18.7 Å². The van der Waals surface area contributed by atoms with Crippen LogP contribution in [-0.2, 0) is 0 Å². The lowest BCUT2D eigenvalue weighted by atomic mass is 9.81. The first kappa shape index (κ1) is 23.4. The second kappa shape index (κ2) is 11.4. The van der Waals surface area contributed by atoms with Crippen LogP contribution < -0.4 is 4.74 Å². The van der Waals surface area contributed by atoms with E-state index < -0.39 is 6.10 Å². The lowest BCUT2D eigenvalue weighted by Crippen LogP contribution is -2.43. The molecule has 0 saturated carbocycles. The lowest BCUT2D eigenvalue weighted by molar-refractivity contribution is 0.0608. The molecular weight excluding hydrogens is 442 g/mol. The lowest BCUT2D eigenvalue weighted by Gasteiger charge is -2.38. The number of piperidine rings is 1. The largest absolute Gasteiger partial charge is 0.497 e. The van der Waals surface area contributed by atoms with Crippen molar-refractivity contribution in [1.82, 2.24) is 14.9 Å². The summed E-state index contributed by atoms with van der Waals surface area (Å²) in [6.45, 7) is 3.18. The Balaban J connectivity index is 1.31. The summed E-state index contributed by atoms with van der Waals surface area (Å²) in [5.41, 5.74) is 1.76. The molecule has 2 N–H and O–H groups in total. The van der Waals surface area contributed by atoms with E-state index in [1.54, 1.807) is 36.4 Å². The van der Waals surface area contributed by atoms with Crippen LogP contribution in [0.5, 0.6) is 5.75 Å². The normalized spacial score (nSPS) is 20.5. The van der Waals surface area contributed by atoms with Crippen LogP contribution in [0, 0.1) is 11.8 Å². The number of fused-ring (bicyclic) bond motifs is 1. The fourth-order valence-electron chi connectivity index (χ4n) is 4.58. The van der Waals surface area contributed by atoms with Crippen molar-refractivity contribution in [3.63, 3.8) is 0 Å². The molecule has 0 radical (unpaired) electrons. The predicted molar refractivity (Wildman–Crippen MR) is 130 cm³/mol. The van der Waals surface area contributed by atoms with Gasteiger partial charge in [0.15, 0.2) is 0 Å². The van der Waals surface area contributed by atoms with Crippen molar-refractivity contribution in [3.8, 4) is 5.75 Å². The van der Waals surface area contributed by atoms with Gasteiger partial charge in [0, 0.05) is 48.6 Å². The molecule has 1 aromatic carbocycles. The Morgan fingerprint density at radius 2 is 2.16 bits per heavy atom. The number of hydrogen-bond donors (Lipinski definition) is 2. The van der Waals surface area contributed by atoms with Gasteiger partial charge in [-0.2, -0.15) is 0 Å². The second-order valence-corrected chi connectivity index (χ2v) is 10.6. The summed E-state index contributed by atoms with van der Waals surface area (Å²) in [4.78, 5) is 11.2. The highest BCUT2D eigenvalue weighted by molar-refractivity contribution is 8.01. The molecule has 3 aromatic rings. The summed E-state index contributed by atoms with van der Waals surface area (Å²) in [7, 11) is 1.65. The number of likely N-dealkylation sites (tertiary alicyclic amines) is 1. The van der Waals surface area contributed by atoms with Crippen LogP contribution in [0.3, 0.4) is 0 Å². The van der Waals surface area contributed by atoms with Gasteiger partial charge in [0.25, 0.3) is 0 Å². The van der Waals surface area contributed by atoms with Crippen LogP contribution in [0.15, 0.2) is 46.4 Å². The van der Waals surface area contributed by atoms with Gasteiger partial charge in [-0.3, -0.25) is 4.98 Å². The molecule has 4 rings (SSSR count). The number of thiazole rings is 1. The second-order valence-electron chi connectivity index (χ2n) is 8.31. The van der Waals surface area contributed by atoms with Crippen LogP contribution >= 0.6 is 23.1 Å². The molecule has 1 fully saturated rings. The quantitative estimate of drug-likeness (QED) is 0.427. The standard InChI is InChI=1S/C24H31N3O3S2/c1-30-19-3-4-22-21(14-19)20(6-8-25-22)23(29)5-2-17-7-10-27(15-18(17)16-28)11-13-32-24-26-9-12-31-24/h3-4,6,8-9,12,14,17-18,23,28-29H,2,5,7,10-11,13,15-16H2,1H3/t17-,18-,23-/m1/s1. The topological polar surface area (TPSA) is 78.7 Å². The van der Waals surface area contributed by atoms with Crippen molar-refractivity contribution in [3.05, 3.63) is 47.6 Å². The van der Waals surface area contributed by atoms with Crippen molar-refractivity contribution in [2.45, 2.75) is 29.7 Å². The maximum atomic E-state index is 11.0. The molecule has 3 atom stereocenters. The number of ether oxygens (including phenoxy) is 1. The maximum absolute atomic E-state index is 11.0. The average molecular weight is 474 g/mol. The molecule has 3 heterocycles.